The van der Waals surface area contributed by atoms with Crippen molar-refractivity contribution in [3.63, 3.8) is 0 Å². The van der Waals surface area contributed by atoms with Gasteiger partial charge in [0.1, 0.15) is 11.5 Å². The van der Waals surface area contributed by atoms with Crippen LogP contribution in [0.1, 0.15) is 68.3 Å². The second-order valence-electron chi connectivity index (χ2n) is 11.0. The molecule has 1 saturated heterocycles. The van der Waals surface area contributed by atoms with Gasteiger partial charge < -0.3 is 19.3 Å². The van der Waals surface area contributed by atoms with Crippen molar-refractivity contribution in [3.8, 4) is 17.2 Å². The Labute approximate surface area is 283 Å². The van der Waals surface area contributed by atoms with Crippen LogP contribution in [0.5, 0.6) is 17.2 Å². The van der Waals surface area contributed by atoms with E-state index in [1.165, 1.54) is 33.6 Å². The number of hydrogen-bond acceptors (Lipinski definition) is 10. The van der Waals surface area contributed by atoms with Gasteiger partial charge >= 0.3 is 5.91 Å². The van der Waals surface area contributed by atoms with Crippen LogP contribution in [-0.2, 0) is 15.3 Å². The highest BCUT2D eigenvalue weighted by Crippen LogP contribution is 2.45. The maximum atomic E-state index is 13.8. The molecule has 0 radical (unpaired) electrons. The van der Waals surface area contributed by atoms with E-state index in [2.05, 4.69) is 41.4 Å². The number of Topliss-reactive ketones (excluding diaryl/α,β-unsaturated/α-hetero) is 1. The smallest absolute Gasteiger partial charge is 0.301 e. The number of amides is 1. The Balaban J connectivity index is 1.55. The maximum absolute atomic E-state index is 13.8. The van der Waals surface area contributed by atoms with Crippen LogP contribution >= 0.6 is 23.1 Å². The predicted octanol–water partition coefficient (Wildman–Crippen LogP) is 8.13. The zero-order valence-corrected chi connectivity index (χ0v) is 28.7. The second kappa shape index (κ2) is 16.0. The monoisotopic (exact) mass is 673 g/mol. The van der Waals surface area contributed by atoms with Gasteiger partial charge in [0, 0.05) is 11.3 Å². The first-order valence-electron chi connectivity index (χ1n) is 15.8. The van der Waals surface area contributed by atoms with Gasteiger partial charge in [-0.15, -0.1) is 10.2 Å². The molecule has 0 aliphatic carbocycles. The molecule has 1 fully saturated rings. The number of nitrogens with zero attached hydrogens (tertiary/aromatic N) is 3. The fourth-order valence-electron chi connectivity index (χ4n) is 5.03. The van der Waals surface area contributed by atoms with Crippen LogP contribution in [0.15, 0.2) is 76.6 Å². The Morgan fingerprint density at radius 2 is 1.66 bits per heavy atom. The van der Waals surface area contributed by atoms with Gasteiger partial charge in [0.2, 0.25) is 5.13 Å². The Bertz CT molecular complexity index is 1720. The third kappa shape index (κ3) is 7.97. The van der Waals surface area contributed by atoms with E-state index in [0.29, 0.717) is 58.3 Å². The van der Waals surface area contributed by atoms with Crippen molar-refractivity contribution in [1.82, 2.24) is 10.2 Å². The van der Waals surface area contributed by atoms with E-state index in [0.717, 1.165) is 24.8 Å². The summed E-state index contributed by atoms with van der Waals surface area (Å²) in [6.45, 7) is 9.50. The standard InChI is InChI=1S/C36H39N3O6S2/c1-5-8-20-45-28-18-15-26(21-29(28)43-7-3)31-30(32(40)25-13-16-27(17-14-25)44-19-6-2)33(41)34(42)39(31)35-37-38-36(47-35)46-22-24-11-9-23(4)10-12-24/h9-18,21,31,40H,5-8,19-20,22H2,1-4H3. The third-order valence-electron chi connectivity index (χ3n) is 7.47. The minimum Gasteiger partial charge on any atom is -0.507 e. The summed E-state index contributed by atoms with van der Waals surface area (Å²) in [6.07, 6.45) is 2.72. The first kappa shape index (κ1) is 34.0. The molecule has 3 aromatic carbocycles. The van der Waals surface area contributed by atoms with E-state index in [9.17, 15) is 14.7 Å². The molecule has 9 nitrogen and oxygen atoms in total. The number of aliphatic hydroxyl groups is 1. The van der Waals surface area contributed by atoms with Crippen LogP contribution < -0.4 is 19.1 Å². The highest BCUT2D eigenvalue weighted by Gasteiger charge is 2.48. The molecule has 246 valence electrons. The van der Waals surface area contributed by atoms with Crippen LogP contribution in [0.4, 0.5) is 5.13 Å². The maximum Gasteiger partial charge on any atom is 0.301 e. The summed E-state index contributed by atoms with van der Waals surface area (Å²) in [5.74, 6) is 0.454. The topological polar surface area (TPSA) is 111 Å². The lowest BCUT2D eigenvalue weighted by atomic mass is 9.95. The molecule has 2 heterocycles. The van der Waals surface area contributed by atoms with Crippen LogP contribution in [-0.4, -0.2) is 46.8 Å². The molecule has 4 aromatic rings. The van der Waals surface area contributed by atoms with Crippen LogP contribution in [0, 0.1) is 6.92 Å². The summed E-state index contributed by atoms with van der Waals surface area (Å²) in [4.78, 5) is 28.8. The number of benzene rings is 3. The zero-order valence-electron chi connectivity index (χ0n) is 27.0. The van der Waals surface area contributed by atoms with Crippen molar-refractivity contribution in [2.75, 3.05) is 24.7 Å². The number of carbonyl (C=O) groups is 2. The number of carbonyl (C=O) groups excluding carboxylic acids is 2. The SMILES string of the molecule is CCCCOc1ccc(C2C(=C(O)c3ccc(OCCC)cc3)C(=O)C(=O)N2c2nnc(SCc3ccc(C)cc3)s2)cc1OCC. The van der Waals surface area contributed by atoms with Crippen molar-refractivity contribution >= 4 is 45.7 Å². The summed E-state index contributed by atoms with van der Waals surface area (Å²) >= 11 is 2.73. The summed E-state index contributed by atoms with van der Waals surface area (Å²) < 4.78 is 18.3. The van der Waals surface area contributed by atoms with Crippen molar-refractivity contribution in [2.45, 2.75) is 63.1 Å². The lowest BCUT2D eigenvalue weighted by Crippen LogP contribution is -2.29. The van der Waals surface area contributed by atoms with E-state index in [1.807, 2.05) is 20.8 Å². The molecule has 1 aromatic heterocycles. The number of aromatic nitrogens is 2. The van der Waals surface area contributed by atoms with Crippen LogP contribution in [0.3, 0.4) is 0 Å². The number of thioether (sulfide) groups is 1. The number of unbranched alkanes of at least 4 members (excludes halogenated alkanes) is 1. The third-order valence-corrected chi connectivity index (χ3v) is 9.60. The van der Waals surface area contributed by atoms with Gasteiger partial charge in [-0.1, -0.05) is 79.3 Å². The summed E-state index contributed by atoms with van der Waals surface area (Å²) in [5.41, 5.74) is 3.20. The van der Waals surface area contributed by atoms with E-state index in [4.69, 9.17) is 14.2 Å². The summed E-state index contributed by atoms with van der Waals surface area (Å²) in [7, 11) is 0. The molecule has 11 heteroatoms. The van der Waals surface area contributed by atoms with E-state index in [-0.39, 0.29) is 16.5 Å². The lowest BCUT2D eigenvalue weighted by molar-refractivity contribution is -0.132. The van der Waals surface area contributed by atoms with E-state index >= 15 is 0 Å². The number of aryl methyl sites for hydroxylation is 1. The molecule has 1 amide bonds. The average Bonchev–Trinajstić information content (AvgIpc) is 3.65. The van der Waals surface area contributed by atoms with Crippen molar-refractivity contribution in [1.29, 1.82) is 0 Å². The van der Waals surface area contributed by atoms with Gasteiger partial charge in [-0.2, -0.15) is 0 Å². The molecule has 1 aliphatic heterocycles. The number of anilines is 1. The van der Waals surface area contributed by atoms with Crippen molar-refractivity contribution in [3.05, 3.63) is 94.6 Å². The van der Waals surface area contributed by atoms with E-state index in [1.54, 1.807) is 42.5 Å². The van der Waals surface area contributed by atoms with E-state index < -0.39 is 17.7 Å². The minimum atomic E-state index is -0.988. The molecule has 5 rings (SSSR count). The van der Waals surface area contributed by atoms with Gasteiger partial charge in [0.25, 0.3) is 5.78 Å². The Morgan fingerprint density at radius 1 is 0.894 bits per heavy atom. The van der Waals surface area contributed by atoms with Crippen LogP contribution in [0.2, 0.25) is 0 Å². The zero-order chi connectivity index (χ0) is 33.3. The summed E-state index contributed by atoms with van der Waals surface area (Å²) in [5, 5.41) is 20.6. The average molecular weight is 674 g/mol. The fourth-order valence-corrected chi connectivity index (χ4v) is 6.85. The largest absolute Gasteiger partial charge is 0.507 e. The fraction of sp³-hybridized carbons (Fsp3) is 0.333. The molecule has 0 saturated carbocycles. The Morgan fingerprint density at radius 3 is 2.36 bits per heavy atom. The highest BCUT2D eigenvalue weighted by atomic mass is 32.2. The molecular weight excluding hydrogens is 635 g/mol. The lowest BCUT2D eigenvalue weighted by Gasteiger charge is -2.23. The molecule has 0 spiro atoms. The molecule has 1 N–H and O–H groups in total. The quantitative estimate of drug-likeness (QED) is 0.0334. The molecular formula is C36H39N3O6S2. The van der Waals surface area contributed by atoms with Crippen molar-refractivity contribution < 1.29 is 28.9 Å². The minimum absolute atomic E-state index is 0.0524. The van der Waals surface area contributed by atoms with Gasteiger partial charge in [0.15, 0.2) is 15.8 Å². The number of rotatable bonds is 15. The second-order valence-corrected chi connectivity index (χ2v) is 13.2. The predicted molar refractivity (Wildman–Crippen MR) is 186 cm³/mol. The number of hydrogen-bond donors (Lipinski definition) is 1. The van der Waals surface area contributed by atoms with Gasteiger partial charge in [-0.05, 0) is 74.2 Å². The normalized spacial score (nSPS) is 15.7. The van der Waals surface area contributed by atoms with Gasteiger partial charge in [-0.3, -0.25) is 14.5 Å². The van der Waals surface area contributed by atoms with Crippen LogP contribution in [0.25, 0.3) is 5.76 Å². The first-order chi connectivity index (χ1) is 22.8. The molecule has 1 atom stereocenters. The Kier molecular flexibility index (Phi) is 11.6. The van der Waals surface area contributed by atoms with Crippen molar-refractivity contribution in [2.24, 2.45) is 0 Å². The number of ketones is 1. The highest BCUT2D eigenvalue weighted by molar-refractivity contribution is 8.00. The molecule has 47 heavy (non-hydrogen) atoms. The molecule has 1 unspecified atom stereocenters. The first-order valence-corrected chi connectivity index (χ1v) is 17.6. The van der Waals surface area contributed by atoms with Gasteiger partial charge in [-0.25, -0.2) is 0 Å². The molecule has 0 bridgehead atoms. The number of aliphatic hydroxyl groups excluding tert-OH is 1. The Hall–Kier alpha value is -4.35. The number of ether oxygens (including phenoxy) is 3. The van der Waals surface area contributed by atoms with Gasteiger partial charge in [0.05, 0.1) is 31.4 Å². The summed E-state index contributed by atoms with van der Waals surface area (Å²) in [6, 6.07) is 19.4. The molecule has 1 aliphatic rings.